The lowest BCUT2D eigenvalue weighted by molar-refractivity contribution is 0.155. The minimum atomic E-state index is -0.578. The average Bonchev–Trinajstić information content (AvgIpc) is 2.58. The van der Waals surface area contributed by atoms with Gasteiger partial charge in [-0.3, -0.25) is 0 Å². The van der Waals surface area contributed by atoms with E-state index < -0.39 is 6.09 Å². The van der Waals surface area contributed by atoms with Crippen molar-refractivity contribution in [3.8, 4) is 0 Å². The van der Waals surface area contributed by atoms with Crippen LogP contribution < -0.4 is 0 Å². The fourth-order valence-corrected chi connectivity index (χ4v) is 2.91. The van der Waals surface area contributed by atoms with Crippen molar-refractivity contribution in [1.29, 1.82) is 0 Å². The summed E-state index contributed by atoms with van der Waals surface area (Å²) in [7, 11) is 0. The van der Waals surface area contributed by atoms with E-state index in [-0.39, 0.29) is 0 Å². The van der Waals surface area contributed by atoms with Crippen LogP contribution in [0.2, 0.25) is 0 Å². The Balaban J connectivity index is 3.05. The Hall–Kier alpha value is -1.08. The molecule has 0 spiro atoms. The summed E-state index contributed by atoms with van der Waals surface area (Å²) in [6.45, 7) is 5.97. The number of carbonyl (C=O) groups is 1. The second-order valence-corrected chi connectivity index (χ2v) is 6.69. The van der Waals surface area contributed by atoms with Crippen molar-refractivity contribution >= 4 is 12.0 Å². The molecule has 0 radical (unpaired) electrons. The minimum Gasteiger partial charge on any atom is -0.447 e. The molecule has 0 aromatic heterocycles. The number of hydrogen-bond donors (Lipinski definition) is 0. The van der Waals surface area contributed by atoms with Gasteiger partial charge in [0.25, 0.3) is 0 Å². The molecule has 0 saturated heterocycles. The van der Waals surface area contributed by atoms with Crippen LogP contribution in [0, 0.1) is 0 Å². The largest absolute Gasteiger partial charge is 0.447 e. The molecule has 0 unspecified atom stereocenters. The Morgan fingerprint density at radius 1 is 0.750 bits per heavy atom. The summed E-state index contributed by atoms with van der Waals surface area (Å²) in [6, 6.07) is 0. The Kier molecular flexibility index (Phi) is 19.1. The molecule has 3 nitrogen and oxygen atoms in total. The molecule has 0 aromatic rings. The quantitative estimate of drug-likeness (QED) is 0.207. The molecule has 0 rings (SSSR count). The van der Waals surface area contributed by atoms with Crippen molar-refractivity contribution in [3.63, 3.8) is 0 Å². The fraction of sp³-hybridized carbons (Fsp3) is 0.857. The average molecular weight is 338 g/mol. The second-order valence-electron chi connectivity index (χ2n) is 6.69. The highest BCUT2D eigenvalue weighted by molar-refractivity contribution is 5.76. The molecular formula is C21H39NO2. The van der Waals surface area contributed by atoms with Crippen LogP contribution in [0.5, 0.6) is 0 Å². The molecule has 0 N–H and O–H groups in total. The van der Waals surface area contributed by atoms with Crippen LogP contribution in [0.1, 0.15) is 110 Å². The number of hydrogen-bond acceptors (Lipinski definition) is 2. The van der Waals surface area contributed by atoms with Gasteiger partial charge in [-0.2, -0.15) is 0 Å². The van der Waals surface area contributed by atoms with Crippen molar-refractivity contribution in [1.82, 2.24) is 0 Å². The molecule has 0 aliphatic rings. The van der Waals surface area contributed by atoms with Gasteiger partial charge in [-0.05, 0) is 18.9 Å². The molecule has 0 aromatic carbocycles. The molecule has 0 fully saturated rings. The number of nitrogens with zero attached hydrogens (tertiary/aromatic N) is 1. The van der Waals surface area contributed by atoms with E-state index in [9.17, 15) is 4.79 Å². The molecule has 1 amide bonds. The zero-order valence-electron chi connectivity index (χ0n) is 16.0. The van der Waals surface area contributed by atoms with Gasteiger partial charge in [0, 0.05) is 0 Å². The van der Waals surface area contributed by atoms with Crippen molar-refractivity contribution in [2.45, 2.75) is 110 Å². The van der Waals surface area contributed by atoms with E-state index >= 15 is 0 Å². The number of rotatable bonds is 17. The predicted octanol–water partition coefficient (Wildman–Crippen LogP) is 7.24. The maximum atomic E-state index is 10.9. The van der Waals surface area contributed by atoms with E-state index in [2.05, 4.69) is 24.4 Å². The van der Waals surface area contributed by atoms with Crippen LogP contribution in [0.3, 0.4) is 0 Å². The van der Waals surface area contributed by atoms with Gasteiger partial charge in [-0.15, -0.1) is 4.99 Å². The van der Waals surface area contributed by atoms with Gasteiger partial charge in [0.2, 0.25) is 0 Å². The molecule has 0 aliphatic carbocycles. The lowest BCUT2D eigenvalue weighted by Gasteiger charge is -2.03. The number of aliphatic imine (C=N–C) groups is 1. The van der Waals surface area contributed by atoms with Crippen LogP contribution in [0.25, 0.3) is 0 Å². The minimum absolute atomic E-state index is 0.461. The third kappa shape index (κ3) is 19.0. The molecule has 0 saturated carbocycles. The Labute approximate surface area is 150 Å². The Bertz CT molecular complexity index is 322. The van der Waals surface area contributed by atoms with Crippen LogP contribution in [-0.4, -0.2) is 18.6 Å². The van der Waals surface area contributed by atoms with Gasteiger partial charge < -0.3 is 4.74 Å². The lowest BCUT2D eigenvalue weighted by atomic mass is 10.0. The number of ether oxygens (including phenoxy) is 1. The van der Waals surface area contributed by atoms with E-state index in [4.69, 9.17) is 4.74 Å². The molecule has 24 heavy (non-hydrogen) atoms. The number of carbonyl (C=O) groups excluding carboxylic acids is 1. The maximum absolute atomic E-state index is 10.9. The zero-order chi connectivity index (χ0) is 17.7. The first-order chi connectivity index (χ1) is 11.8. The van der Waals surface area contributed by atoms with Crippen molar-refractivity contribution in [2.24, 2.45) is 4.99 Å². The highest BCUT2D eigenvalue weighted by Gasteiger charge is 1.97. The van der Waals surface area contributed by atoms with Gasteiger partial charge >= 0.3 is 6.09 Å². The molecule has 140 valence electrons. The SMILES string of the molecule is C=C=NC(=O)OCCCCCCCCCCCCCCCCCC. The van der Waals surface area contributed by atoms with Gasteiger partial charge in [0.1, 0.15) is 0 Å². The third-order valence-electron chi connectivity index (χ3n) is 4.39. The highest BCUT2D eigenvalue weighted by Crippen LogP contribution is 2.13. The van der Waals surface area contributed by atoms with Gasteiger partial charge in [-0.25, -0.2) is 4.79 Å². The molecule has 0 atom stereocenters. The predicted molar refractivity (Wildman–Crippen MR) is 104 cm³/mol. The Morgan fingerprint density at radius 2 is 1.12 bits per heavy atom. The standard InChI is InChI=1S/C21H39NO2/c1-3-5-6-7-8-9-10-11-12-13-14-15-16-17-18-19-20-24-21(23)22-4-2/h2-3,5-20H2,1H3. The van der Waals surface area contributed by atoms with Crippen LogP contribution in [-0.2, 0) is 4.74 Å². The van der Waals surface area contributed by atoms with Crippen LogP contribution >= 0.6 is 0 Å². The molecule has 0 heterocycles. The van der Waals surface area contributed by atoms with Crippen molar-refractivity contribution < 1.29 is 9.53 Å². The summed E-state index contributed by atoms with van der Waals surface area (Å²) in [5, 5.41) is 0. The van der Waals surface area contributed by atoms with E-state index in [1.54, 1.807) is 0 Å². The number of unbranched alkanes of at least 4 members (excludes halogenated alkanes) is 15. The van der Waals surface area contributed by atoms with Gasteiger partial charge in [-0.1, -0.05) is 103 Å². The normalized spacial score (nSPS) is 10.4. The van der Waals surface area contributed by atoms with Crippen LogP contribution in [0.15, 0.2) is 11.6 Å². The van der Waals surface area contributed by atoms with E-state index in [0.717, 1.165) is 12.8 Å². The van der Waals surface area contributed by atoms with Crippen LogP contribution in [0.4, 0.5) is 4.79 Å². The fourth-order valence-electron chi connectivity index (χ4n) is 2.91. The summed E-state index contributed by atoms with van der Waals surface area (Å²) < 4.78 is 4.89. The monoisotopic (exact) mass is 337 g/mol. The third-order valence-corrected chi connectivity index (χ3v) is 4.39. The molecule has 3 heteroatoms. The number of amides is 1. The zero-order valence-corrected chi connectivity index (χ0v) is 16.0. The van der Waals surface area contributed by atoms with E-state index in [1.165, 1.54) is 89.9 Å². The summed E-state index contributed by atoms with van der Waals surface area (Å²) in [5.41, 5.74) is 0. The topological polar surface area (TPSA) is 38.7 Å². The van der Waals surface area contributed by atoms with Gasteiger partial charge in [0.05, 0.1) is 6.61 Å². The first-order valence-electron chi connectivity index (χ1n) is 10.2. The van der Waals surface area contributed by atoms with E-state index in [1.807, 2.05) is 0 Å². The maximum Gasteiger partial charge on any atom is 0.441 e. The molecule has 0 bridgehead atoms. The first kappa shape index (κ1) is 22.9. The lowest BCUT2D eigenvalue weighted by Crippen LogP contribution is -2.00. The highest BCUT2D eigenvalue weighted by atomic mass is 16.5. The summed E-state index contributed by atoms with van der Waals surface area (Å²) >= 11 is 0. The summed E-state index contributed by atoms with van der Waals surface area (Å²) in [4.78, 5) is 14.2. The second kappa shape index (κ2) is 20.0. The molecular weight excluding hydrogens is 298 g/mol. The van der Waals surface area contributed by atoms with E-state index in [0.29, 0.717) is 6.61 Å². The van der Waals surface area contributed by atoms with Crippen molar-refractivity contribution in [3.05, 3.63) is 6.58 Å². The molecule has 0 aliphatic heterocycles. The van der Waals surface area contributed by atoms with Crippen molar-refractivity contribution in [2.75, 3.05) is 6.61 Å². The first-order valence-corrected chi connectivity index (χ1v) is 10.2. The smallest absolute Gasteiger partial charge is 0.441 e. The Morgan fingerprint density at radius 3 is 1.50 bits per heavy atom. The summed E-state index contributed by atoms with van der Waals surface area (Å²) in [6.07, 6.45) is 20.9. The summed E-state index contributed by atoms with van der Waals surface area (Å²) in [5.74, 6) is 2.17. The van der Waals surface area contributed by atoms with Gasteiger partial charge in [0.15, 0.2) is 0 Å².